The van der Waals surface area contributed by atoms with Crippen molar-refractivity contribution in [2.75, 3.05) is 40.7 Å². The van der Waals surface area contributed by atoms with Gasteiger partial charge in [-0.15, -0.1) is 0 Å². The summed E-state index contributed by atoms with van der Waals surface area (Å²) in [6.07, 6.45) is 21.1. The molecule has 24 nitrogen and oxygen atoms in total. The summed E-state index contributed by atoms with van der Waals surface area (Å²) in [6.45, 7) is 42.5. The molecule has 0 aromatic heterocycles. The Morgan fingerprint density at radius 1 is 0.595 bits per heavy atom. The Bertz CT molecular complexity index is 3410. The van der Waals surface area contributed by atoms with E-state index in [1.54, 1.807) is 41.9 Å². The molecule has 3 heterocycles. The second kappa shape index (κ2) is 37.4. The van der Waals surface area contributed by atoms with Gasteiger partial charge in [-0.3, -0.25) is 28.9 Å². The molecule has 0 amide bonds. The molecule has 12 saturated carbocycles. The number of ketones is 2. The van der Waals surface area contributed by atoms with Gasteiger partial charge in [0, 0.05) is 96.7 Å². The van der Waals surface area contributed by atoms with Gasteiger partial charge in [0.25, 0.3) is 6.48 Å². The van der Waals surface area contributed by atoms with Gasteiger partial charge in [-0.25, -0.2) is 24.2 Å². The van der Waals surface area contributed by atoms with Crippen LogP contribution in [-0.4, -0.2) is 190 Å². The first-order valence-electron chi connectivity index (χ1n) is 43.3. The number of ether oxygens (including phenoxy) is 10. The molecule has 26 atom stereocenters. The fourth-order valence-electron chi connectivity index (χ4n) is 27.6. The molecule has 0 aromatic rings. The third-order valence-corrected chi connectivity index (χ3v) is 33.4. The van der Waals surface area contributed by atoms with Crippen molar-refractivity contribution >= 4 is 61.2 Å². The standard InChI is InChI=1S/C40H63NO7.C36H58O9.C4H8ClN.C4H6O4.C2H3BO2.C2H6.CH4.Na/c1-23-20-26(34(36(5,6)44)46-24(2)42)47-32-31(23)37(7)16-17-40-22-39(40)15-14-29(48-30-21-41(18-19-45-30)25-10-9-11-25)35(3,4)27(39)12-13-28(40)38(37,8)33(32)43;1-20-17-22(29(32(5,6)39)43-21(2)37)44-27-26(20)33(7)15-16-36-18-35(36)14-13-25(45-30(41-10)42-19-40-9)31(3,4)23(35)11-12-24(36)34(33,8)28(27)38;5-6-4-2-1-3-4;1-3(5)7-8-4(2)6;1-2(4)5-3;1-2;;/h23,25-32,34,44H,9-22H2,1-8H3;20,22-27,29-30,39H,11-19H2,1-10H3;4,6H,1-3H2;1-2H3;1H3;1-2H3;1H4;/q;;;;-1;;;+1/t23-,26-,27+,28+,29+,30+,31+,32+,34+,37-,38-,39?,40+;20-,22-,23+,24+,25+,26+,27+,29+,30+,33-,34-,35?,36+;;;;;;/m11....../s1. The predicted octanol–water partition coefficient (Wildman–Crippen LogP) is 11.6. The van der Waals surface area contributed by atoms with E-state index < -0.39 is 95.0 Å². The van der Waals surface area contributed by atoms with Crippen LogP contribution in [0.25, 0.3) is 0 Å². The molecule has 0 bridgehead atoms. The van der Waals surface area contributed by atoms with E-state index in [0.29, 0.717) is 48.0 Å². The van der Waals surface area contributed by atoms with Crippen LogP contribution in [0.4, 0.5) is 0 Å². The Balaban J connectivity index is 0.000000229. The van der Waals surface area contributed by atoms with Crippen molar-refractivity contribution in [2.24, 2.45) is 101 Å². The van der Waals surface area contributed by atoms with Crippen molar-refractivity contribution in [1.82, 2.24) is 9.74 Å². The molecule has 12 aliphatic carbocycles. The summed E-state index contributed by atoms with van der Waals surface area (Å²) in [5.74, 6) is 0.301. The zero-order chi connectivity index (χ0) is 84.5. The molecule has 27 heteroatoms. The summed E-state index contributed by atoms with van der Waals surface area (Å²) in [5.41, 5.74) is -2.93. The molecule has 0 aromatic carbocycles. The van der Waals surface area contributed by atoms with Crippen molar-refractivity contribution in [1.29, 1.82) is 0 Å². The van der Waals surface area contributed by atoms with Crippen LogP contribution in [0.5, 0.6) is 0 Å². The van der Waals surface area contributed by atoms with Crippen LogP contribution >= 0.6 is 11.8 Å². The maximum absolute atomic E-state index is 15.0. The van der Waals surface area contributed by atoms with Gasteiger partial charge in [0.05, 0.1) is 42.2 Å². The summed E-state index contributed by atoms with van der Waals surface area (Å²) < 4.78 is 64.2. The first-order valence-corrected chi connectivity index (χ1v) is 43.7. The van der Waals surface area contributed by atoms with Crippen LogP contribution in [0.15, 0.2) is 0 Å². The van der Waals surface area contributed by atoms with E-state index in [9.17, 15) is 39.0 Å². The maximum Gasteiger partial charge on any atom is 1.00 e. The predicted molar refractivity (Wildman–Crippen MR) is 432 cm³/mol. The Labute approximate surface area is 722 Å². The summed E-state index contributed by atoms with van der Waals surface area (Å²) in [6, 6.07) is 1.35. The minimum absolute atomic E-state index is 0. The average Bonchev–Trinajstić information content (AvgIpc) is 1.46. The molecule has 3 N–H and O–H groups in total. The van der Waals surface area contributed by atoms with Gasteiger partial charge in [0.1, 0.15) is 12.2 Å². The molecule has 15 rings (SSSR count). The van der Waals surface area contributed by atoms with Gasteiger partial charge in [-0.2, -0.15) is 0 Å². The van der Waals surface area contributed by atoms with Crippen molar-refractivity contribution in [3.8, 4) is 0 Å². The first kappa shape index (κ1) is 99.0. The van der Waals surface area contributed by atoms with Gasteiger partial charge in [0.15, 0.2) is 36.9 Å². The van der Waals surface area contributed by atoms with Crippen molar-refractivity contribution in [3.05, 3.63) is 0 Å². The summed E-state index contributed by atoms with van der Waals surface area (Å²) in [4.78, 5) is 96.1. The monoisotopic (exact) mass is 1670 g/mol. The normalized spacial score (nSPS) is 41.6. The summed E-state index contributed by atoms with van der Waals surface area (Å²) in [5, 5.41) is 22.0. The molecule has 2 unspecified atom stereocenters. The quantitative estimate of drug-likeness (QED) is 0.0323. The van der Waals surface area contributed by atoms with Crippen LogP contribution in [0.2, 0.25) is 0 Å². The van der Waals surface area contributed by atoms with Gasteiger partial charge < -0.3 is 70.3 Å². The third kappa shape index (κ3) is 17.6. The number of nitrogens with zero attached hydrogens (tertiary/aromatic N) is 1. The SMILES string of the molecule is C.CC.CC(=O)OOC(C)=O.CC(=O)O[C@@H]([C@H]1C[C@@H](C)[C@H]2[C@H](O1)C(=O)[C@@]1(C)[C@@H]3CC[C@H]4C(C)(C)[C@@H](O[C@H]5CN(C6CCC6)CCO5)CCC45C[C@@]35CC[C@]21C)C(C)(C)O.COCO[C@H](OC)O[C@H]1CCC23C[C@]24CC[C@]2(C)[C@H]5[C@H](C)C[C@H]([C@H](OC(C)=O)C(C)(C)O)O[C@@H]5C(=O)[C@@]2(C)[C@@H]4CC[C@H]3C1(C)C.ClNC1CCC1.[B-]OC(C)=O.[Na+]. The zero-order valence-electron chi connectivity index (χ0n) is 74.4. The van der Waals surface area contributed by atoms with Gasteiger partial charge >= 0.3 is 53.4 Å². The van der Waals surface area contributed by atoms with E-state index in [2.05, 4.69) is 101 Å². The summed E-state index contributed by atoms with van der Waals surface area (Å²) >= 11 is 5.25. The van der Waals surface area contributed by atoms with Crippen LogP contribution in [-0.2, 0) is 95.4 Å². The zero-order valence-corrected chi connectivity index (χ0v) is 77.1. The minimum Gasteiger partial charge on any atom is -0.793 e. The van der Waals surface area contributed by atoms with Crippen LogP contribution in [0.1, 0.15) is 294 Å². The van der Waals surface area contributed by atoms with Gasteiger partial charge in [0.2, 0.25) is 5.97 Å². The number of carbonyl (C=O) groups excluding carboxylic acids is 7. The number of fused-ring (bicyclic) bond motifs is 8. The Morgan fingerprint density at radius 2 is 1.00 bits per heavy atom. The number of halogens is 1. The minimum atomic E-state index is -1.29. The molecule has 3 aliphatic heterocycles. The van der Waals surface area contributed by atoms with E-state index in [0.717, 1.165) is 104 Å². The van der Waals surface area contributed by atoms with Crippen LogP contribution in [0.3, 0.4) is 0 Å². The molecule has 4 spiro atoms. The van der Waals surface area contributed by atoms with Crippen LogP contribution in [0, 0.1) is 101 Å². The average molecular weight is 1670 g/mol. The number of carbonyl (C=O) groups is 7. The molecular weight excluding hydrogens is 1520 g/mol. The van der Waals surface area contributed by atoms with Crippen molar-refractivity contribution in [3.63, 3.8) is 0 Å². The number of esters is 2. The molecule has 15 fully saturated rings. The topological polar surface area (TPSA) is 295 Å². The number of hydrogen-bond acceptors (Lipinski definition) is 24. The number of methoxy groups -OCH3 is 2. The van der Waals surface area contributed by atoms with E-state index in [1.807, 2.05) is 13.8 Å². The number of rotatable bonds is 16. The van der Waals surface area contributed by atoms with Crippen LogP contribution < -0.4 is 34.4 Å². The van der Waals surface area contributed by atoms with E-state index in [-0.39, 0.29) is 135 Å². The number of Topliss-reactive ketones (excluding diaryl/α,β-unsaturated/α-hetero) is 2. The number of nitrogens with one attached hydrogen (secondary N) is 1. The number of aliphatic hydroxyl groups is 2. The largest absolute Gasteiger partial charge is 1.00 e. The van der Waals surface area contributed by atoms with Gasteiger partial charge in [-0.05, 0) is 247 Å². The number of hydrogen-bond donors (Lipinski definition) is 3. The summed E-state index contributed by atoms with van der Waals surface area (Å²) in [7, 11) is 7.51. The maximum atomic E-state index is 15.0. The van der Waals surface area contributed by atoms with Gasteiger partial charge in [-0.1, -0.05) is 103 Å². The Hall–Kier alpha value is -2.44. The van der Waals surface area contributed by atoms with Crippen molar-refractivity contribution < 1.29 is 135 Å². The van der Waals surface area contributed by atoms with E-state index >= 15 is 4.79 Å². The molecule has 3 radical (unpaired) electrons. The fraction of sp³-hybridized carbons (Fsp3) is 0.921. The number of morpholine rings is 1. The fourth-order valence-corrected chi connectivity index (χ4v) is 27.9. The van der Waals surface area contributed by atoms with E-state index in [4.69, 9.17) is 59.1 Å². The molecule has 3 saturated heterocycles. The second-order valence-electron chi connectivity index (χ2n) is 40.3. The molecule has 116 heavy (non-hydrogen) atoms. The molecular formula is C89H148BClN2NaO22. The molecule has 657 valence electrons. The Morgan fingerprint density at radius 3 is 1.34 bits per heavy atom. The van der Waals surface area contributed by atoms with E-state index in [1.165, 1.54) is 85.0 Å². The first-order chi connectivity index (χ1) is 53.3. The smallest absolute Gasteiger partial charge is 0.793 e. The second-order valence-corrected chi connectivity index (χ2v) is 40.5. The Kier molecular flexibility index (Phi) is 31.9. The molecule has 15 aliphatic rings. The van der Waals surface area contributed by atoms with Crippen molar-refractivity contribution in [2.45, 2.75) is 379 Å². The third-order valence-electron chi connectivity index (χ3n) is 33.1.